The Labute approximate surface area is 150 Å². The summed E-state index contributed by atoms with van der Waals surface area (Å²) in [5.74, 6) is 0.777. The second kappa shape index (κ2) is 6.16. The molecule has 1 atom stereocenters. The topological polar surface area (TPSA) is 58.4 Å². The predicted octanol–water partition coefficient (Wildman–Crippen LogP) is 2.33. The Kier molecular flexibility index (Phi) is 3.80. The van der Waals surface area contributed by atoms with Crippen molar-refractivity contribution in [2.75, 3.05) is 13.1 Å². The molecule has 7 heteroatoms. The van der Waals surface area contributed by atoms with Gasteiger partial charge in [-0.05, 0) is 43.8 Å². The Balaban J connectivity index is 1.41. The number of aromatic nitrogens is 4. The van der Waals surface area contributed by atoms with Crippen molar-refractivity contribution in [3.63, 3.8) is 0 Å². The van der Waals surface area contributed by atoms with Gasteiger partial charge in [-0.2, -0.15) is 0 Å². The van der Waals surface area contributed by atoms with Crippen LogP contribution in [-0.4, -0.2) is 43.4 Å². The number of fused-ring (bicyclic) bond motifs is 1. The van der Waals surface area contributed by atoms with Crippen LogP contribution in [0.15, 0.2) is 36.2 Å². The summed E-state index contributed by atoms with van der Waals surface area (Å²) in [6, 6.07) is 2.62. The molecule has 1 aliphatic heterocycles. The number of imidazole rings is 1. The van der Waals surface area contributed by atoms with Crippen molar-refractivity contribution >= 4 is 17.1 Å². The minimum absolute atomic E-state index is 0.515. The fraction of sp³-hybridized carbons (Fsp3) is 0.500. The number of rotatable bonds is 5. The number of nitrogens with zero attached hydrogens (tertiary/aromatic N) is 5. The zero-order valence-corrected chi connectivity index (χ0v) is 15.0. The standard InChI is InChI=1S/C18H22N6S/c1-4-21-17-22-11-14(24(17)8-1)12-23(13-16-20-7-9-25-16)15-10-18(15)2-5-19-6-3-18/h1,4,7-9,11,15,19H,2-3,5-6,10,12-13H2/t15-/m1/s1. The maximum Gasteiger partial charge on any atom is 0.233 e. The van der Waals surface area contributed by atoms with Crippen molar-refractivity contribution in [1.82, 2.24) is 29.6 Å². The molecule has 0 aromatic carbocycles. The Morgan fingerprint density at radius 2 is 2.12 bits per heavy atom. The van der Waals surface area contributed by atoms with Gasteiger partial charge >= 0.3 is 0 Å². The molecule has 5 rings (SSSR count). The largest absolute Gasteiger partial charge is 0.317 e. The van der Waals surface area contributed by atoms with Crippen LogP contribution in [0.25, 0.3) is 5.78 Å². The van der Waals surface area contributed by atoms with E-state index in [-0.39, 0.29) is 0 Å². The SMILES string of the molecule is c1cnc2ncc(CN(Cc3nccs3)[C@@H]3CC34CCNCC4)n2c1. The fourth-order valence-electron chi connectivity index (χ4n) is 4.29. The maximum absolute atomic E-state index is 4.52. The smallest absolute Gasteiger partial charge is 0.233 e. The maximum atomic E-state index is 4.52. The molecular formula is C18H22N6S. The lowest BCUT2D eigenvalue weighted by atomic mass is 9.93. The summed E-state index contributed by atoms with van der Waals surface area (Å²) in [5, 5.41) is 6.77. The van der Waals surface area contributed by atoms with Gasteiger partial charge in [0.05, 0.1) is 18.4 Å². The Bertz CT molecular complexity index is 851. The third kappa shape index (κ3) is 2.86. The lowest BCUT2D eigenvalue weighted by molar-refractivity contribution is 0.185. The first-order valence-corrected chi connectivity index (χ1v) is 9.82. The van der Waals surface area contributed by atoms with Gasteiger partial charge in [0.2, 0.25) is 5.78 Å². The Morgan fingerprint density at radius 1 is 1.20 bits per heavy atom. The van der Waals surface area contributed by atoms with E-state index in [1.807, 2.05) is 18.5 Å². The molecule has 3 aromatic rings. The van der Waals surface area contributed by atoms with E-state index >= 15 is 0 Å². The van der Waals surface area contributed by atoms with E-state index in [2.05, 4.69) is 41.1 Å². The van der Waals surface area contributed by atoms with Crippen LogP contribution in [0.2, 0.25) is 0 Å². The molecule has 2 fully saturated rings. The van der Waals surface area contributed by atoms with Gasteiger partial charge in [-0.15, -0.1) is 11.3 Å². The van der Waals surface area contributed by atoms with E-state index in [4.69, 9.17) is 0 Å². The second-order valence-corrected chi connectivity index (χ2v) is 8.18. The summed E-state index contributed by atoms with van der Waals surface area (Å²) < 4.78 is 2.10. The third-order valence-electron chi connectivity index (χ3n) is 5.74. The molecule has 1 N–H and O–H groups in total. The van der Waals surface area contributed by atoms with Crippen LogP contribution in [0.4, 0.5) is 0 Å². The normalized spacial score (nSPS) is 22.0. The van der Waals surface area contributed by atoms with Crippen LogP contribution in [0.5, 0.6) is 0 Å². The zero-order valence-electron chi connectivity index (χ0n) is 14.1. The average molecular weight is 354 g/mol. The van der Waals surface area contributed by atoms with Gasteiger partial charge in [0.1, 0.15) is 5.01 Å². The van der Waals surface area contributed by atoms with Gasteiger partial charge in [-0.1, -0.05) is 0 Å². The van der Waals surface area contributed by atoms with Crippen LogP contribution in [0.1, 0.15) is 30.0 Å². The molecule has 0 amide bonds. The summed E-state index contributed by atoms with van der Waals surface area (Å²) in [7, 11) is 0. The van der Waals surface area contributed by atoms with Crippen molar-refractivity contribution < 1.29 is 0 Å². The van der Waals surface area contributed by atoms with Crippen LogP contribution >= 0.6 is 11.3 Å². The molecule has 1 spiro atoms. The van der Waals surface area contributed by atoms with Crippen LogP contribution in [0.3, 0.4) is 0 Å². The number of hydrogen-bond acceptors (Lipinski definition) is 6. The summed E-state index contributed by atoms with van der Waals surface area (Å²) in [4.78, 5) is 15.9. The number of thiazole rings is 1. The van der Waals surface area contributed by atoms with Gasteiger partial charge in [0, 0.05) is 36.6 Å². The van der Waals surface area contributed by atoms with Crippen LogP contribution in [-0.2, 0) is 13.1 Å². The minimum atomic E-state index is 0.515. The molecule has 4 heterocycles. The van der Waals surface area contributed by atoms with Crippen molar-refractivity contribution in [1.29, 1.82) is 0 Å². The highest BCUT2D eigenvalue weighted by molar-refractivity contribution is 7.09. The quantitative estimate of drug-likeness (QED) is 0.762. The highest BCUT2D eigenvalue weighted by Crippen LogP contribution is 2.56. The first kappa shape index (κ1) is 15.4. The van der Waals surface area contributed by atoms with E-state index in [0.29, 0.717) is 11.5 Å². The monoisotopic (exact) mass is 354 g/mol. The van der Waals surface area contributed by atoms with E-state index in [9.17, 15) is 0 Å². The molecule has 1 aliphatic carbocycles. The molecule has 1 saturated carbocycles. The summed E-state index contributed by atoms with van der Waals surface area (Å²) >= 11 is 1.75. The van der Waals surface area contributed by atoms with Crippen LogP contribution in [0, 0.1) is 5.41 Å². The number of piperidine rings is 1. The number of hydrogen-bond donors (Lipinski definition) is 1. The van der Waals surface area contributed by atoms with Gasteiger partial charge in [0.25, 0.3) is 0 Å². The lowest BCUT2D eigenvalue weighted by Gasteiger charge is -2.29. The molecule has 0 unspecified atom stereocenters. The fourth-order valence-corrected chi connectivity index (χ4v) is 4.93. The third-order valence-corrected chi connectivity index (χ3v) is 6.50. The number of nitrogens with one attached hydrogen (secondary N) is 1. The van der Waals surface area contributed by atoms with Gasteiger partial charge in [0.15, 0.2) is 0 Å². The summed E-state index contributed by atoms with van der Waals surface area (Å²) in [5.41, 5.74) is 1.72. The van der Waals surface area contributed by atoms with Crippen LogP contribution < -0.4 is 5.32 Å². The first-order valence-electron chi connectivity index (χ1n) is 8.94. The zero-order chi connectivity index (χ0) is 16.7. The second-order valence-electron chi connectivity index (χ2n) is 7.20. The molecule has 2 aliphatic rings. The Morgan fingerprint density at radius 3 is 2.96 bits per heavy atom. The lowest BCUT2D eigenvalue weighted by Crippen LogP contribution is -2.36. The van der Waals surface area contributed by atoms with Gasteiger partial charge < -0.3 is 5.32 Å². The molecular weight excluding hydrogens is 332 g/mol. The van der Waals surface area contributed by atoms with Gasteiger partial charge in [-0.3, -0.25) is 9.30 Å². The molecule has 25 heavy (non-hydrogen) atoms. The highest BCUT2D eigenvalue weighted by Gasteiger charge is 2.56. The van der Waals surface area contributed by atoms with Gasteiger partial charge in [-0.25, -0.2) is 15.0 Å². The van der Waals surface area contributed by atoms with Crippen molar-refractivity contribution in [3.05, 3.63) is 46.9 Å². The predicted molar refractivity (Wildman–Crippen MR) is 97.3 cm³/mol. The minimum Gasteiger partial charge on any atom is -0.317 e. The summed E-state index contributed by atoms with van der Waals surface area (Å²) in [6.45, 7) is 4.12. The first-order chi connectivity index (χ1) is 12.3. The van der Waals surface area contributed by atoms with Crippen molar-refractivity contribution in [2.24, 2.45) is 5.41 Å². The van der Waals surface area contributed by atoms with E-state index in [1.165, 1.54) is 30.0 Å². The van der Waals surface area contributed by atoms with Crippen molar-refractivity contribution in [2.45, 2.75) is 38.4 Å². The van der Waals surface area contributed by atoms with Crippen molar-refractivity contribution in [3.8, 4) is 0 Å². The Hall–Kier alpha value is -1.83. The van der Waals surface area contributed by atoms with E-state index in [0.717, 1.165) is 32.0 Å². The molecule has 3 aromatic heterocycles. The van der Waals surface area contributed by atoms with E-state index in [1.54, 1.807) is 17.5 Å². The molecule has 130 valence electrons. The highest BCUT2D eigenvalue weighted by atomic mass is 32.1. The molecule has 0 bridgehead atoms. The molecule has 0 radical (unpaired) electrons. The average Bonchev–Trinajstić information content (AvgIpc) is 3.03. The summed E-state index contributed by atoms with van der Waals surface area (Å²) in [6.07, 6.45) is 11.6. The molecule has 6 nitrogen and oxygen atoms in total. The van der Waals surface area contributed by atoms with E-state index < -0.39 is 0 Å². The molecule has 1 saturated heterocycles.